The van der Waals surface area contributed by atoms with Crippen molar-refractivity contribution in [2.75, 3.05) is 11.5 Å². The Kier molecular flexibility index (Phi) is 4.65. The lowest BCUT2D eigenvalue weighted by Crippen LogP contribution is -2.42. The normalized spacial score (nSPS) is 16.8. The third-order valence-electron chi connectivity index (χ3n) is 4.30. The first kappa shape index (κ1) is 15.6. The van der Waals surface area contributed by atoms with Gasteiger partial charge in [0.1, 0.15) is 5.75 Å². The van der Waals surface area contributed by atoms with E-state index in [1.165, 1.54) is 5.56 Å². The van der Waals surface area contributed by atoms with E-state index in [2.05, 4.69) is 19.9 Å². The van der Waals surface area contributed by atoms with Crippen LogP contribution in [0, 0.1) is 0 Å². The highest BCUT2D eigenvalue weighted by atomic mass is 16.5. The fourth-order valence-electron chi connectivity index (χ4n) is 3.08. The Bertz CT molecular complexity index is 696. The maximum atomic E-state index is 13.1. The molecule has 0 radical (unpaired) electrons. The van der Waals surface area contributed by atoms with Crippen molar-refractivity contribution in [3.05, 3.63) is 59.7 Å². The quantitative estimate of drug-likeness (QED) is 0.834. The van der Waals surface area contributed by atoms with Crippen LogP contribution in [-0.4, -0.2) is 18.6 Å². The zero-order valence-electron chi connectivity index (χ0n) is 13.8. The van der Waals surface area contributed by atoms with Crippen LogP contribution in [-0.2, 0) is 6.42 Å². The van der Waals surface area contributed by atoms with Crippen molar-refractivity contribution in [3.8, 4) is 5.75 Å². The van der Waals surface area contributed by atoms with Crippen molar-refractivity contribution in [1.29, 1.82) is 0 Å². The van der Waals surface area contributed by atoms with Crippen molar-refractivity contribution < 1.29 is 9.53 Å². The molecule has 0 saturated carbocycles. The number of anilines is 1. The Hall–Kier alpha value is -2.29. The van der Waals surface area contributed by atoms with Gasteiger partial charge in [0, 0.05) is 17.3 Å². The number of hydrogen-bond donors (Lipinski definition) is 0. The van der Waals surface area contributed by atoms with Gasteiger partial charge in [0.2, 0.25) is 0 Å². The molecule has 1 atom stereocenters. The molecule has 0 spiro atoms. The zero-order valence-corrected chi connectivity index (χ0v) is 13.8. The van der Waals surface area contributed by atoms with Gasteiger partial charge >= 0.3 is 0 Å². The average Bonchev–Trinajstić information content (AvgIpc) is 2.59. The van der Waals surface area contributed by atoms with Crippen LogP contribution >= 0.6 is 0 Å². The predicted octanol–water partition coefficient (Wildman–Crippen LogP) is 4.46. The second kappa shape index (κ2) is 6.86. The molecule has 3 rings (SSSR count). The van der Waals surface area contributed by atoms with Crippen molar-refractivity contribution in [2.24, 2.45) is 0 Å². The first-order valence-corrected chi connectivity index (χ1v) is 8.35. The van der Waals surface area contributed by atoms with E-state index in [1.54, 1.807) is 0 Å². The van der Waals surface area contributed by atoms with Crippen LogP contribution in [0.3, 0.4) is 0 Å². The van der Waals surface area contributed by atoms with E-state index in [1.807, 2.05) is 47.4 Å². The summed E-state index contributed by atoms with van der Waals surface area (Å²) < 4.78 is 5.66. The number of rotatable bonds is 4. The predicted molar refractivity (Wildman–Crippen MR) is 93.3 cm³/mol. The minimum atomic E-state index is 0.0478. The maximum Gasteiger partial charge on any atom is 0.258 e. The minimum absolute atomic E-state index is 0.0478. The molecule has 0 fully saturated rings. The van der Waals surface area contributed by atoms with Gasteiger partial charge in [-0.1, -0.05) is 31.2 Å². The third-order valence-corrected chi connectivity index (χ3v) is 4.30. The molecule has 0 N–H and O–H groups in total. The molecule has 2 aromatic rings. The molecule has 1 aliphatic rings. The summed E-state index contributed by atoms with van der Waals surface area (Å²) in [4.78, 5) is 15.0. The molecule has 1 amide bonds. The summed E-state index contributed by atoms with van der Waals surface area (Å²) in [6, 6.07) is 15.9. The van der Waals surface area contributed by atoms with Gasteiger partial charge in [0.05, 0.1) is 6.61 Å². The van der Waals surface area contributed by atoms with Crippen LogP contribution in [0.5, 0.6) is 5.75 Å². The molecule has 3 heteroatoms. The van der Waals surface area contributed by atoms with E-state index in [4.69, 9.17) is 4.74 Å². The van der Waals surface area contributed by atoms with Crippen LogP contribution in [0.25, 0.3) is 0 Å². The van der Waals surface area contributed by atoms with Gasteiger partial charge in [-0.2, -0.15) is 0 Å². The molecule has 3 nitrogen and oxygen atoms in total. The van der Waals surface area contributed by atoms with Crippen molar-refractivity contribution in [2.45, 2.75) is 39.2 Å². The van der Waals surface area contributed by atoms with Gasteiger partial charge in [-0.3, -0.25) is 4.79 Å². The second-order valence-corrected chi connectivity index (χ2v) is 6.07. The monoisotopic (exact) mass is 309 g/mol. The molecule has 0 aromatic heterocycles. The van der Waals surface area contributed by atoms with Crippen LogP contribution in [0.4, 0.5) is 5.69 Å². The first-order valence-electron chi connectivity index (χ1n) is 8.35. The smallest absolute Gasteiger partial charge is 0.258 e. The van der Waals surface area contributed by atoms with Crippen LogP contribution in [0.2, 0.25) is 0 Å². The molecular weight excluding hydrogens is 286 g/mol. The Morgan fingerprint density at radius 3 is 2.87 bits per heavy atom. The standard InChI is InChI=1S/C20H23NO2/c1-3-13-23-18-9-6-8-17(14-18)20(22)21-15(2)11-12-16-7-4-5-10-19(16)21/h4-10,14-15H,3,11-13H2,1-2H3/t15-/m0/s1. The van der Waals surface area contributed by atoms with E-state index >= 15 is 0 Å². The van der Waals surface area contributed by atoms with Crippen LogP contribution in [0.1, 0.15) is 42.6 Å². The highest BCUT2D eigenvalue weighted by Crippen LogP contribution is 2.32. The lowest BCUT2D eigenvalue weighted by molar-refractivity contribution is 0.0974. The topological polar surface area (TPSA) is 29.5 Å². The summed E-state index contributed by atoms with van der Waals surface area (Å²) >= 11 is 0. The molecule has 1 aliphatic heterocycles. The Morgan fingerprint density at radius 1 is 1.22 bits per heavy atom. The Balaban J connectivity index is 1.91. The number of ether oxygens (including phenoxy) is 1. The van der Waals surface area contributed by atoms with E-state index in [9.17, 15) is 4.79 Å². The molecule has 0 unspecified atom stereocenters. The molecule has 120 valence electrons. The summed E-state index contributed by atoms with van der Waals surface area (Å²) in [6.45, 7) is 4.85. The van der Waals surface area contributed by atoms with Gasteiger partial charge in [0.25, 0.3) is 5.91 Å². The first-order chi connectivity index (χ1) is 11.2. The Labute approximate surface area is 137 Å². The molecule has 0 aliphatic carbocycles. The second-order valence-electron chi connectivity index (χ2n) is 6.07. The van der Waals surface area contributed by atoms with E-state index in [-0.39, 0.29) is 11.9 Å². The molecule has 23 heavy (non-hydrogen) atoms. The highest BCUT2D eigenvalue weighted by molar-refractivity contribution is 6.07. The van der Waals surface area contributed by atoms with Crippen molar-refractivity contribution >= 4 is 11.6 Å². The fourth-order valence-corrected chi connectivity index (χ4v) is 3.08. The SMILES string of the molecule is CCCOc1cccc(C(=O)N2c3ccccc3CC[C@@H]2C)c1. The summed E-state index contributed by atoms with van der Waals surface area (Å²) in [5.41, 5.74) is 2.97. The number of fused-ring (bicyclic) bond motifs is 1. The summed E-state index contributed by atoms with van der Waals surface area (Å²) in [7, 11) is 0. The molecule has 0 bridgehead atoms. The summed E-state index contributed by atoms with van der Waals surface area (Å²) in [6.07, 6.45) is 2.98. The number of carbonyl (C=O) groups excluding carboxylic acids is 1. The number of carbonyl (C=O) groups is 1. The number of aryl methyl sites for hydroxylation is 1. The van der Waals surface area contributed by atoms with Crippen LogP contribution in [0.15, 0.2) is 48.5 Å². The van der Waals surface area contributed by atoms with E-state index in [0.29, 0.717) is 12.2 Å². The van der Waals surface area contributed by atoms with E-state index < -0.39 is 0 Å². The number of nitrogens with zero attached hydrogens (tertiary/aromatic N) is 1. The van der Waals surface area contributed by atoms with Gasteiger partial charge in [-0.25, -0.2) is 0 Å². The lowest BCUT2D eigenvalue weighted by atomic mass is 9.95. The maximum absolute atomic E-state index is 13.1. The number of para-hydroxylation sites is 1. The summed E-state index contributed by atoms with van der Waals surface area (Å²) in [5, 5.41) is 0. The van der Waals surface area contributed by atoms with E-state index in [0.717, 1.165) is 30.7 Å². The largest absolute Gasteiger partial charge is 0.494 e. The van der Waals surface area contributed by atoms with Gasteiger partial charge in [-0.05, 0) is 56.0 Å². The Morgan fingerprint density at radius 2 is 2.04 bits per heavy atom. The highest BCUT2D eigenvalue weighted by Gasteiger charge is 2.28. The molecule has 1 heterocycles. The van der Waals surface area contributed by atoms with Crippen molar-refractivity contribution in [1.82, 2.24) is 0 Å². The van der Waals surface area contributed by atoms with Gasteiger partial charge in [0.15, 0.2) is 0 Å². The van der Waals surface area contributed by atoms with Crippen molar-refractivity contribution in [3.63, 3.8) is 0 Å². The molecule has 2 aromatic carbocycles. The minimum Gasteiger partial charge on any atom is -0.494 e. The number of benzene rings is 2. The molecular formula is C20H23NO2. The van der Waals surface area contributed by atoms with Crippen LogP contribution < -0.4 is 9.64 Å². The molecule has 0 saturated heterocycles. The zero-order chi connectivity index (χ0) is 16.2. The average molecular weight is 309 g/mol. The number of amides is 1. The fraction of sp³-hybridized carbons (Fsp3) is 0.350. The summed E-state index contributed by atoms with van der Waals surface area (Å²) in [5.74, 6) is 0.808. The van der Waals surface area contributed by atoms with Gasteiger partial charge < -0.3 is 9.64 Å². The lowest BCUT2D eigenvalue weighted by Gasteiger charge is -2.35. The number of hydrogen-bond acceptors (Lipinski definition) is 2. The van der Waals surface area contributed by atoms with Gasteiger partial charge in [-0.15, -0.1) is 0 Å². The third kappa shape index (κ3) is 3.24.